The zero-order chi connectivity index (χ0) is 41.0. The summed E-state index contributed by atoms with van der Waals surface area (Å²) in [4.78, 5) is 5.34. The third-order valence-electron chi connectivity index (χ3n) is 14.3. The van der Waals surface area contributed by atoms with Gasteiger partial charge in [0.25, 0.3) is 0 Å². The van der Waals surface area contributed by atoms with Gasteiger partial charge in [0.05, 0.1) is 9.99 Å². The normalized spacial score (nSPS) is 23.9. The van der Waals surface area contributed by atoms with E-state index in [-0.39, 0.29) is 24.9 Å². The zero-order valence-corrected chi connectivity index (χ0v) is 40.8. The van der Waals surface area contributed by atoms with Gasteiger partial charge in [-0.05, 0) is 153 Å². The van der Waals surface area contributed by atoms with E-state index in [1.54, 1.807) is 0 Å². The van der Waals surface area contributed by atoms with Crippen LogP contribution in [0.15, 0.2) is 102 Å². The molecular formula is C54H63Cl2N2PRu+2. The van der Waals surface area contributed by atoms with Gasteiger partial charge in [0, 0.05) is 30.0 Å². The molecule has 2 nitrogen and oxygen atoms in total. The minimum Gasteiger partial charge on any atom is -0.325 e. The number of fused-ring (bicyclic) bond motifs is 1. The second kappa shape index (κ2) is 18.2. The van der Waals surface area contributed by atoms with E-state index in [9.17, 15) is 0 Å². The van der Waals surface area contributed by atoms with Crippen molar-refractivity contribution in [1.82, 2.24) is 0 Å². The summed E-state index contributed by atoms with van der Waals surface area (Å²) in [5, 5.41) is -0.185. The topological polar surface area (TPSA) is 6.48 Å². The number of allylic oxidation sites excluding steroid dienone is 4. The van der Waals surface area contributed by atoms with Crippen LogP contribution in [0.5, 0.6) is 0 Å². The Bertz CT molecular complexity index is 2200. The molecule has 0 bridgehead atoms. The van der Waals surface area contributed by atoms with Gasteiger partial charge in [-0.1, -0.05) is 136 Å². The van der Waals surface area contributed by atoms with Crippen LogP contribution < -0.4 is 9.80 Å². The summed E-state index contributed by atoms with van der Waals surface area (Å²) in [6, 6.07) is 29.7. The first-order valence-electron chi connectivity index (χ1n) is 22.7. The van der Waals surface area contributed by atoms with Crippen LogP contribution in [-0.4, -0.2) is 34.4 Å². The summed E-state index contributed by atoms with van der Waals surface area (Å²) in [5.74, 6) is 1.25. The van der Waals surface area contributed by atoms with Crippen molar-refractivity contribution in [3.8, 4) is 0 Å². The summed E-state index contributed by atoms with van der Waals surface area (Å²) in [6.45, 7) is 15.5. The van der Waals surface area contributed by atoms with Gasteiger partial charge in [0.1, 0.15) is 5.82 Å². The van der Waals surface area contributed by atoms with Crippen LogP contribution in [0, 0.1) is 41.5 Å². The molecule has 0 N–H and O–H groups in total. The van der Waals surface area contributed by atoms with Gasteiger partial charge in [0.2, 0.25) is 0 Å². The Morgan fingerprint density at radius 2 is 1.07 bits per heavy atom. The Labute approximate surface area is 385 Å². The van der Waals surface area contributed by atoms with E-state index in [1.807, 2.05) is 0 Å². The quantitative estimate of drug-likeness (QED) is 0.108. The van der Waals surface area contributed by atoms with Gasteiger partial charge in [0.15, 0.2) is 0 Å². The SMILES string of the molecule is Cc1cc(C)c(N2CCN(c3c(C)cc(C)cc3C)C2=C2C(=C3C=C(c4ccccc4)c4ccccc43)C(Cl)(P(C3CCCCC3)C3CCCCC3)CCC2Cl)c(C)c1.[Ru+2]. The van der Waals surface area contributed by atoms with Gasteiger partial charge in [-0.3, -0.25) is 0 Å². The van der Waals surface area contributed by atoms with Crippen molar-refractivity contribution in [2.24, 2.45) is 0 Å². The maximum Gasteiger partial charge on any atom is 2.00 e. The van der Waals surface area contributed by atoms with E-state index < -0.39 is 12.5 Å². The van der Waals surface area contributed by atoms with Gasteiger partial charge < -0.3 is 9.80 Å². The van der Waals surface area contributed by atoms with Gasteiger partial charge in [-0.2, -0.15) is 0 Å². The molecule has 60 heavy (non-hydrogen) atoms. The molecule has 5 aliphatic rings. The smallest absolute Gasteiger partial charge is 0.325 e. The molecule has 3 saturated carbocycles. The molecule has 1 aliphatic heterocycles. The molecular weight excluding hydrogens is 880 g/mol. The van der Waals surface area contributed by atoms with Gasteiger partial charge in [-0.15, -0.1) is 23.2 Å². The number of rotatable bonds is 6. The first kappa shape index (κ1) is 44.0. The minimum atomic E-state index is -0.593. The summed E-state index contributed by atoms with van der Waals surface area (Å²) >= 11 is 17.1. The van der Waals surface area contributed by atoms with Crippen molar-refractivity contribution in [1.29, 1.82) is 0 Å². The van der Waals surface area contributed by atoms with Gasteiger partial charge in [-0.25, -0.2) is 0 Å². The molecule has 1 saturated heterocycles. The molecule has 4 aliphatic carbocycles. The van der Waals surface area contributed by atoms with Crippen molar-refractivity contribution in [2.75, 3.05) is 22.9 Å². The van der Waals surface area contributed by atoms with Crippen LogP contribution in [0.25, 0.3) is 11.1 Å². The van der Waals surface area contributed by atoms with Crippen LogP contribution in [0.4, 0.5) is 11.4 Å². The molecule has 314 valence electrons. The first-order chi connectivity index (χ1) is 28.5. The average molecular weight is 943 g/mol. The Kier molecular flexibility index (Phi) is 13.3. The fraction of sp³-hybridized carbons (Fsp3) is 0.444. The number of halogens is 2. The van der Waals surface area contributed by atoms with Crippen molar-refractivity contribution < 1.29 is 19.5 Å². The largest absolute Gasteiger partial charge is 2.00 e. The van der Waals surface area contributed by atoms with E-state index in [4.69, 9.17) is 23.2 Å². The Morgan fingerprint density at radius 1 is 0.600 bits per heavy atom. The first-order valence-corrected chi connectivity index (χ1v) is 25.0. The molecule has 2 atom stereocenters. The number of alkyl halides is 2. The summed E-state index contributed by atoms with van der Waals surface area (Å²) in [7, 11) is -0.593. The average Bonchev–Trinajstić information content (AvgIpc) is 3.81. The summed E-state index contributed by atoms with van der Waals surface area (Å²) in [5.41, 5.74) is 21.0. The number of nitrogens with zero attached hydrogens (tertiary/aromatic N) is 2. The fourth-order valence-corrected chi connectivity index (χ4v) is 18.1. The fourth-order valence-electron chi connectivity index (χ4n) is 12.2. The number of hydrogen-bond donors (Lipinski definition) is 0. The molecule has 9 rings (SSSR count). The number of aryl methyl sites for hydroxylation is 6. The molecule has 0 radical (unpaired) electrons. The number of benzene rings is 4. The van der Waals surface area contributed by atoms with Crippen LogP contribution >= 0.6 is 31.1 Å². The van der Waals surface area contributed by atoms with Crippen molar-refractivity contribution in [3.63, 3.8) is 0 Å². The maximum absolute atomic E-state index is 9.02. The number of hydrogen-bond acceptors (Lipinski definition) is 2. The second-order valence-electron chi connectivity index (χ2n) is 18.5. The standard InChI is InChI=1S/C54H63Cl2N2P.Ru/c1-35-30-37(3)51(38(4)31-35)57-28-29-58(52-39(5)32-36(2)33-40(52)6)53(57)49-48(55)26-27-54(56,59(42-20-12-8-13-21-42)43-22-14-9-15-23-43)50(49)47-34-46(41-18-10-7-11-19-41)44-24-16-17-25-45(44)47;/h7,10-11,16-19,24-25,30-34,42-43,48H,8-9,12-15,20-23,26-29H2,1-6H3;/q;+2. The molecule has 4 aromatic carbocycles. The summed E-state index contributed by atoms with van der Waals surface area (Å²) in [6.07, 6.45) is 17.7. The van der Waals surface area contributed by atoms with Crippen LogP contribution in [0.3, 0.4) is 0 Å². The third-order valence-corrected chi connectivity index (χ3v) is 19.6. The van der Waals surface area contributed by atoms with E-state index in [2.05, 4.69) is 136 Å². The molecule has 2 unspecified atom stereocenters. The summed E-state index contributed by atoms with van der Waals surface area (Å²) < 4.78 is -0.507. The monoisotopic (exact) mass is 942 g/mol. The predicted molar refractivity (Wildman–Crippen MR) is 258 cm³/mol. The van der Waals surface area contributed by atoms with Crippen molar-refractivity contribution in [3.05, 3.63) is 152 Å². The van der Waals surface area contributed by atoms with Crippen LogP contribution in [0.2, 0.25) is 0 Å². The van der Waals surface area contributed by atoms with E-state index in [1.165, 1.54) is 154 Å². The van der Waals surface area contributed by atoms with E-state index in [0.717, 1.165) is 25.9 Å². The molecule has 6 heteroatoms. The predicted octanol–water partition coefficient (Wildman–Crippen LogP) is 15.5. The second-order valence-corrected chi connectivity index (χ2v) is 23.0. The minimum absolute atomic E-state index is 0. The van der Waals surface area contributed by atoms with Crippen molar-refractivity contribution >= 4 is 53.6 Å². The molecule has 0 amide bonds. The number of anilines is 2. The van der Waals surface area contributed by atoms with Crippen LogP contribution in [0.1, 0.15) is 127 Å². The van der Waals surface area contributed by atoms with Crippen LogP contribution in [-0.2, 0) is 19.5 Å². The maximum atomic E-state index is 9.02. The molecule has 4 aromatic rings. The molecule has 1 heterocycles. The van der Waals surface area contributed by atoms with E-state index >= 15 is 0 Å². The van der Waals surface area contributed by atoms with Crippen molar-refractivity contribution in [2.45, 2.75) is 140 Å². The molecule has 4 fully saturated rings. The van der Waals surface area contributed by atoms with Gasteiger partial charge >= 0.3 is 19.5 Å². The Morgan fingerprint density at radius 3 is 1.57 bits per heavy atom. The molecule has 0 spiro atoms. The Balaban J connectivity index is 0.00000499. The van der Waals surface area contributed by atoms with E-state index in [0.29, 0.717) is 11.3 Å². The third kappa shape index (κ3) is 7.95. The molecule has 0 aromatic heterocycles. The Hall–Kier alpha value is -2.67. The zero-order valence-electron chi connectivity index (χ0n) is 36.7.